The van der Waals surface area contributed by atoms with Gasteiger partial charge in [0.05, 0.1) is 0 Å². The normalized spacial score (nSPS) is 11.0. The molecule has 0 aliphatic heterocycles. The van der Waals surface area contributed by atoms with Crippen molar-refractivity contribution in [2.45, 2.75) is 19.8 Å². The summed E-state index contributed by atoms with van der Waals surface area (Å²) < 4.78 is 25.4. The van der Waals surface area contributed by atoms with Crippen LogP contribution in [0.4, 0.5) is 4.39 Å². The van der Waals surface area contributed by atoms with E-state index in [9.17, 15) is 9.18 Å². The SMILES string of the molecule is CCc1c(Cc2ccnc(Cl)c2F)c(=O)oc2cc(Oc3cccnn3)ccc12. The molecule has 6 nitrogen and oxygen atoms in total. The molecule has 3 heterocycles. The second-order valence-corrected chi connectivity index (χ2v) is 6.63. The first-order valence-corrected chi connectivity index (χ1v) is 9.27. The number of rotatable bonds is 5. The molecule has 0 spiro atoms. The van der Waals surface area contributed by atoms with Gasteiger partial charge in [-0.1, -0.05) is 18.5 Å². The Morgan fingerprint density at radius 3 is 2.79 bits per heavy atom. The lowest BCUT2D eigenvalue weighted by atomic mass is 9.97. The minimum Gasteiger partial charge on any atom is -0.437 e. The Labute approximate surface area is 169 Å². The van der Waals surface area contributed by atoms with Crippen LogP contribution in [0, 0.1) is 5.82 Å². The van der Waals surface area contributed by atoms with E-state index in [-0.39, 0.29) is 17.1 Å². The van der Waals surface area contributed by atoms with Crippen molar-refractivity contribution in [3.63, 3.8) is 0 Å². The molecule has 0 radical (unpaired) electrons. The largest absolute Gasteiger partial charge is 0.437 e. The third-order valence-electron chi connectivity index (χ3n) is 4.51. The average molecular weight is 412 g/mol. The van der Waals surface area contributed by atoms with E-state index >= 15 is 0 Å². The first-order valence-electron chi connectivity index (χ1n) is 8.90. The Hall–Kier alpha value is -3.32. The Bertz CT molecular complexity index is 1250. The standard InChI is InChI=1S/C21H15ClFN3O3/c1-2-14-15-6-5-13(28-18-4-3-8-25-26-18)11-17(15)29-21(27)16(14)10-12-7-9-24-20(22)19(12)23/h3-9,11H,2,10H2,1H3. The van der Waals surface area contributed by atoms with Gasteiger partial charge in [-0.25, -0.2) is 14.2 Å². The van der Waals surface area contributed by atoms with E-state index < -0.39 is 11.4 Å². The molecule has 0 aliphatic rings. The smallest absolute Gasteiger partial charge is 0.340 e. The molecule has 29 heavy (non-hydrogen) atoms. The van der Waals surface area contributed by atoms with Gasteiger partial charge < -0.3 is 9.15 Å². The van der Waals surface area contributed by atoms with Crippen LogP contribution >= 0.6 is 11.6 Å². The average Bonchev–Trinajstić information content (AvgIpc) is 2.72. The number of hydrogen-bond donors (Lipinski definition) is 0. The maximum absolute atomic E-state index is 14.3. The third kappa shape index (κ3) is 3.82. The van der Waals surface area contributed by atoms with Crippen LogP contribution in [-0.4, -0.2) is 15.2 Å². The molecule has 0 atom stereocenters. The van der Waals surface area contributed by atoms with E-state index in [1.54, 1.807) is 30.5 Å². The van der Waals surface area contributed by atoms with Crippen LogP contribution in [0.3, 0.4) is 0 Å². The predicted octanol–water partition coefficient (Wildman–Crippen LogP) is 4.72. The van der Waals surface area contributed by atoms with E-state index in [0.717, 1.165) is 10.9 Å². The van der Waals surface area contributed by atoms with Gasteiger partial charge in [-0.3, -0.25) is 0 Å². The maximum atomic E-state index is 14.3. The van der Waals surface area contributed by atoms with Crippen LogP contribution in [0.1, 0.15) is 23.6 Å². The van der Waals surface area contributed by atoms with Crippen molar-refractivity contribution in [2.75, 3.05) is 0 Å². The zero-order valence-corrected chi connectivity index (χ0v) is 16.1. The first kappa shape index (κ1) is 19.0. The summed E-state index contributed by atoms with van der Waals surface area (Å²) in [5, 5.41) is 8.16. The van der Waals surface area contributed by atoms with Crippen molar-refractivity contribution < 1.29 is 13.5 Å². The molecule has 0 saturated heterocycles. The maximum Gasteiger partial charge on any atom is 0.340 e. The van der Waals surface area contributed by atoms with E-state index in [1.165, 1.54) is 12.3 Å². The topological polar surface area (TPSA) is 78.1 Å². The van der Waals surface area contributed by atoms with Gasteiger partial charge in [-0.15, -0.1) is 5.10 Å². The fourth-order valence-corrected chi connectivity index (χ4v) is 3.35. The van der Waals surface area contributed by atoms with Crippen molar-refractivity contribution in [3.05, 3.63) is 86.9 Å². The molecule has 0 amide bonds. The molecule has 4 rings (SSSR count). The molecule has 1 aromatic carbocycles. The predicted molar refractivity (Wildman–Crippen MR) is 106 cm³/mol. The summed E-state index contributed by atoms with van der Waals surface area (Å²) in [5.41, 5.74) is 1.32. The number of aromatic nitrogens is 3. The van der Waals surface area contributed by atoms with Gasteiger partial charge in [0.15, 0.2) is 11.0 Å². The van der Waals surface area contributed by atoms with Crippen molar-refractivity contribution in [1.82, 2.24) is 15.2 Å². The molecule has 0 saturated carbocycles. The molecule has 146 valence electrons. The van der Waals surface area contributed by atoms with Crippen molar-refractivity contribution in [2.24, 2.45) is 0 Å². The summed E-state index contributed by atoms with van der Waals surface area (Å²) in [5.74, 6) is 0.151. The van der Waals surface area contributed by atoms with E-state index in [4.69, 9.17) is 20.8 Å². The van der Waals surface area contributed by atoms with E-state index in [1.807, 2.05) is 13.0 Å². The molecule has 0 N–H and O–H groups in total. The minimum atomic E-state index is -0.636. The monoisotopic (exact) mass is 411 g/mol. The van der Waals surface area contributed by atoms with Crippen LogP contribution in [0.5, 0.6) is 11.6 Å². The van der Waals surface area contributed by atoms with Crippen molar-refractivity contribution >= 4 is 22.6 Å². The fourth-order valence-electron chi connectivity index (χ4n) is 3.17. The Morgan fingerprint density at radius 2 is 2.03 bits per heavy atom. The summed E-state index contributed by atoms with van der Waals surface area (Å²) in [6.45, 7) is 1.93. The number of aryl methyl sites for hydroxylation is 1. The molecule has 0 fully saturated rings. The highest BCUT2D eigenvalue weighted by molar-refractivity contribution is 6.29. The summed E-state index contributed by atoms with van der Waals surface area (Å²) >= 11 is 5.76. The van der Waals surface area contributed by atoms with Gasteiger partial charge in [0.25, 0.3) is 0 Å². The third-order valence-corrected chi connectivity index (χ3v) is 4.77. The number of benzene rings is 1. The molecule has 3 aromatic heterocycles. The second-order valence-electron chi connectivity index (χ2n) is 6.27. The van der Waals surface area contributed by atoms with Gasteiger partial charge in [-0.05, 0) is 41.8 Å². The Kier molecular flexibility index (Phi) is 5.22. The van der Waals surface area contributed by atoms with E-state index in [0.29, 0.717) is 29.2 Å². The summed E-state index contributed by atoms with van der Waals surface area (Å²) in [4.78, 5) is 16.4. The molecule has 0 bridgehead atoms. The zero-order valence-electron chi connectivity index (χ0n) is 15.4. The summed E-state index contributed by atoms with van der Waals surface area (Å²) in [7, 11) is 0. The first-order chi connectivity index (χ1) is 14.1. The lowest BCUT2D eigenvalue weighted by molar-refractivity contribution is 0.453. The molecule has 4 aromatic rings. The lowest BCUT2D eigenvalue weighted by Gasteiger charge is -2.12. The molecule has 8 heteroatoms. The number of pyridine rings is 1. The van der Waals surface area contributed by atoms with Crippen LogP contribution in [0.15, 0.2) is 58.0 Å². The lowest BCUT2D eigenvalue weighted by Crippen LogP contribution is -2.13. The van der Waals surface area contributed by atoms with Gasteiger partial charge in [0.1, 0.15) is 11.3 Å². The fraction of sp³-hybridized carbons (Fsp3) is 0.143. The number of nitrogens with zero attached hydrogens (tertiary/aromatic N) is 3. The second kappa shape index (κ2) is 7.97. The van der Waals surface area contributed by atoms with Gasteiger partial charge in [0.2, 0.25) is 5.88 Å². The summed E-state index contributed by atoms with van der Waals surface area (Å²) in [6, 6.07) is 10.1. The molecule has 0 aliphatic carbocycles. The van der Waals surface area contributed by atoms with Crippen LogP contribution in [0.25, 0.3) is 11.0 Å². The highest BCUT2D eigenvalue weighted by Crippen LogP contribution is 2.28. The van der Waals surface area contributed by atoms with Crippen molar-refractivity contribution in [1.29, 1.82) is 0 Å². The van der Waals surface area contributed by atoms with Crippen molar-refractivity contribution in [3.8, 4) is 11.6 Å². The Morgan fingerprint density at radius 1 is 1.17 bits per heavy atom. The van der Waals surface area contributed by atoms with Gasteiger partial charge in [-0.2, -0.15) is 5.10 Å². The highest BCUT2D eigenvalue weighted by Gasteiger charge is 2.17. The number of fused-ring (bicyclic) bond motifs is 1. The molecular formula is C21H15ClFN3O3. The number of hydrogen-bond acceptors (Lipinski definition) is 6. The van der Waals surface area contributed by atoms with E-state index in [2.05, 4.69) is 15.2 Å². The number of ether oxygens (including phenoxy) is 1. The molecule has 0 unspecified atom stereocenters. The number of halogens is 2. The minimum absolute atomic E-state index is 0.0629. The Balaban J connectivity index is 1.77. The quantitative estimate of drug-likeness (QED) is 0.349. The highest BCUT2D eigenvalue weighted by atomic mass is 35.5. The van der Waals surface area contributed by atoms with Crippen LogP contribution < -0.4 is 10.4 Å². The van der Waals surface area contributed by atoms with Crippen LogP contribution in [0.2, 0.25) is 5.15 Å². The zero-order chi connectivity index (χ0) is 20.4. The molecular weight excluding hydrogens is 397 g/mol. The van der Waals surface area contributed by atoms with Gasteiger partial charge in [0, 0.05) is 41.9 Å². The van der Waals surface area contributed by atoms with Gasteiger partial charge >= 0.3 is 5.63 Å². The summed E-state index contributed by atoms with van der Waals surface area (Å²) in [6.07, 6.45) is 3.58. The van der Waals surface area contributed by atoms with Crippen LogP contribution in [-0.2, 0) is 12.8 Å².